The Morgan fingerprint density at radius 3 is 2.32 bits per heavy atom. The maximum atomic E-state index is 13.0. The molecule has 0 atom stereocenters. The van der Waals surface area contributed by atoms with Gasteiger partial charge in [-0.1, -0.05) is 37.6 Å². The Morgan fingerprint density at radius 2 is 1.75 bits per heavy atom. The first-order valence-corrected chi connectivity index (χ1v) is 11.4. The van der Waals surface area contributed by atoms with Crippen LogP contribution in [0.25, 0.3) is 0 Å². The summed E-state index contributed by atoms with van der Waals surface area (Å²) in [6, 6.07) is 14.6. The molecule has 0 heterocycles. The Hall–Kier alpha value is -2.34. The summed E-state index contributed by atoms with van der Waals surface area (Å²) < 4.78 is 27.6. The molecule has 5 nitrogen and oxygen atoms in total. The van der Waals surface area contributed by atoms with Crippen molar-refractivity contribution in [3.63, 3.8) is 0 Å². The first-order valence-electron chi connectivity index (χ1n) is 9.58. The molecule has 0 spiro atoms. The highest BCUT2D eigenvalue weighted by atomic mass is 32.2. The van der Waals surface area contributed by atoms with E-state index < -0.39 is 10.1 Å². The maximum Gasteiger partial charge on any atom is 0.306 e. The van der Waals surface area contributed by atoms with Gasteiger partial charge in [0.25, 0.3) is 5.91 Å². The van der Waals surface area contributed by atoms with Gasteiger partial charge in [-0.05, 0) is 62.1 Å². The number of unbranched alkanes of at least 4 members (excludes halogenated alkanes) is 1. The minimum atomic E-state index is -3.59. The Bertz CT molecular complexity index is 889. The van der Waals surface area contributed by atoms with Crippen molar-refractivity contribution in [2.24, 2.45) is 0 Å². The van der Waals surface area contributed by atoms with Crippen LogP contribution in [0.1, 0.15) is 55.1 Å². The summed E-state index contributed by atoms with van der Waals surface area (Å²) in [4.78, 5) is 14.8. The van der Waals surface area contributed by atoms with E-state index >= 15 is 0 Å². The van der Waals surface area contributed by atoms with Crippen molar-refractivity contribution in [2.45, 2.75) is 52.6 Å². The summed E-state index contributed by atoms with van der Waals surface area (Å²) in [5.74, 6) is 0.197. The van der Waals surface area contributed by atoms with Gasteiger partial charge in [0.2, 0.25) is 0 Å². The molecule has 0 saturated heterocycles. The summed E-state index contributed by atoms with van der Waals surface area (Å²) in [7, 11) is -3.59. The third kappa shape index (κ3) is 6.68. The summed E-state index contributed by atoms with van der Waals surface area (Å²) in [5, 5.41) is 0. The fourth-order valence-corrected chi connectivity index (χ4v) is 3.37. The lowest BCUT2D eigenvalue weighted by atomic mass is 10.0. The van der Waals surface area contributed by atoms with E-state index in [1.807, 2.05) is 44.2 Å². The Labute approximate surface area is 168 Å². The van der Waals surface area contributed by atoms with Crippen LogP contribution in [0.2, 0.25) is 0 Å². The zero-order chi connectivity index (χ0) is 20.7. The van der Waals surface area contributed by atoms with E-state index in [1.54, 1.807) is 23.1 Å². The molecule has 28 heavy (non-hydrogen) atoms. The predicted molar refractivity (Wildman–Crippen MR) is 112 cm³/mol. The number of benzene rings is 2. The highest BCUT2D eigenvalue weighted by molar-refractivity contribution is 7.86. The van der Waals surface area contributed by atoms with Crippen molar-refractivity contribution in [3.05, 3.63) is 65.2 Å². The maximum absolute atomic E-state index is 13.0. The van der Waals surface area contributed by atoms with Gasteiger partial charge >= 0.3 is 10.1 Å². The number of amides is 1. The molecule has 2 aromatic rings. The molecule has 152 valence electrons. The molecule has 0 aliphatic carbocycles. The van der Waals surface area contributed by atoms with Crippen LogP contribution in [0.5, 0.6) is 5.75 Å². The molecule has 6 heteroatoms. The van der Waals surface area contributed by atoms with Gasteiger partial charge < -0.3 is 9.08 Å². The van der Waals surface area contributed by atoms with Crippen LogP contribution in [-0.2, 0) is 23.1 Å². The minimum Gasteiger partial charge on any atom is -0.383 e. The quantitative estimate of drug-likeness (QED) is 0.582. The van der Waals surface area contributed by atoms with Crippen LogP contribution in [0.15, 0.2) is 48.5 Å². The Balaban J connectivity index is 2.17. The minimum absolute atomic E-state index is 0.00764. The first-order chi connectivity index (χ1) is 13.2. The highest BCUT2D eigenvalue weighted by Gasteiger charge is 2.19. The Morgan fingerprint density at radius 1 is 1.07 bits per heavy atom. The third-order valence-corrected chi connectivity index (χ3v) is 4.90. The molecule has 0 fully saturated rings. The molecule has 2 rings (SSSR count). The summed E-state index contributed by atoms with van der Waals surface area (Å²) in [5.41, 5.74) is 2.69. The molecule has 0 saturated carbocycles. The van der Waals surface area contributed by atoms with E-state index in [1.165, 1.54) is 5.56 Å². The van der Waals surface area contributed by atoms with Gasteiger partial charge in [-0.3, -0.25) is 4.79 Å². The smallest absolute Gasteiger partial charge is 0.306 e. The number of carbonyl (C=O) groups is 1. The lowest BCUT2D eigenvalue weighted by Gasteiger charge is -2.27. The second-order valence-corrected chi connectivity index (χ2v) is 8.84. The zero-order valence-electron chi connectivity index (χ0n) is 17.0. The van der Waals surface area contributed by atoms with Gasteiger partial charge in [0.05, 0.1) is 6.26 Å². The largest absolute Gasteiger partial charge is 0.383 e. The van der Waals surface area contributed by atoms with E-state index in [-0.39, 0.29) is 17.7 Å². The third-order valence-electron chi connectivity index (χ3n) is 4.40. The lowest BCUT2D eigenvalue weighted by molar-refractivity contribution is 0.0690. The molecule has 0 aliphatic rings. The summed E-state index contributed by atoms with van der Waals surface area (Å²) in [6.07, 6.45) is 4.31. The standard InChI is InChI=1S/C22H29NO4S/c1-5-6-8-18-11-13-20(14-12-18)22(24)23(17(2)3)16-19-9-7-10-21(15-19)27-28(4,25)26/h7,9-15,17H,5-6,8,16H2,1-4H3. The average molecular weight is 404 g/mol. The van der Waals surface area contributed by atoms with Crippen LogP contribution in [0.3, 0.4) is 0 Å². The van der Waals surface area contributed by atoms with Crippen molar-refractivity contribution >= 4 is 16.0 Å². The van der Waals surface area contributed by atoms with Crippen molar-refractivity contribution in [1.29, 1.82) is 0 Å². The van der Waals surface area contributed by atoms with Crippen LogP contribution in [0.4, 0.5) is 0 Å². The number of carbonyl (C=O) groups excluding carboxylic acids is 1. The number of hydrogen-bond donors (Lipinski definition) is 0. The number of nitrogens with zero attached hydrogens (tertiary/aromatic N) is 1. The average Bonchev–Trinajstić information content (AvgIpc) is 2.63. The van der Waals surface area contributed by atoms with Gasteiger partial charge in [0, 0.05) is 18.2 Å². The van der Waals surface area contributed by atoms with Gasteiger partial charge in [-0.25, -0.2) is 0 Å². The number of rotatable bonds is 9. The Kier molecular flexibility index (Phi) is 7.63. The summed E-state index contributed by atoms with van der Waals surface area (Å²) >= 11 is 0. The normalized spacial score (nSPS) is 11.5. The fourth-order valence-electron chi connectivity index (χ4n) is 2.92. The monoisotopic (exact) mass is 403 g/mol. The van der Waals surface area contributed by atoms with E-state index in [9.17, 15) is 13.2 Å². The lowest BCUT2D eigenvalue weighted by Crippen LogP contribution is -2.36. The molecule has 0 radical (unpaired) electrons. The molecule has 0 N–H and O–H groups in total. The number of aryl methyl sites for hydroxylation is 1. The SMILES string of the molecule is CCCCc1ccc(C(=O)N(Cc2cccc(OS(C)(=O)=O)c2)C(C)C)cc1. The van der Waals surface area contributed by atoms with Crippen LogP contribution >= 0.6 is 0 Å². The second kappa shape index (κ2) is 9.73. The topological polar surface area (TPSA) is 63.7 Å². The molecule has 2 aromatic carbocycles. The molecule has 0 aliphatic heterocycles. The molecule has 0 aromatic heterocycles. The van der Waals surface area contributed by atoms with Crippen LogP contribution < -0.4 is 4.18 Å². The van der Waals surface area contributed by atoms with E-state index in [2.05, 4.69) is 6.92 Å². The van der Waals surface area contributed by atoms with Crippen molar-refractivity contribution < 1.29 is 17.4 Å². The zero-order valence-corrected chi connectivity index (χ0v) is 17.8. The van der Waals surface area contributed by atoms with E-state index in [4.69, 9.17) is 4.18 Å². The van der Waals surface area contributed by atoms with Gasteiger partial charge in [-0.15, -0.1) is 0 Å². The van der Waals surface area contributed by atoms with Gasteiger partial charge in [0.1, 0.15) is 5.75 Å². The molecule has 0 unspecified atom stereocenters. The van der Waals surface area contributed by atoms with Gasteiger partial charge in [-0.2, -0.15) is 8.42 Å². The fraction of sp³-hybridized carbons (Fsp3) is 0.409. The van der Waals surface area contributed by atoms with Crippen LogP contribution in [0, 0.1) is 0 Å². The molecule has 0 bridgehead atoms. The molecular weight excluding hydrogens is 374 g/mol. The van der Waals surface area contributed by atoms with Gasteiger partial charge in [0.15, 0.2) is 0 Å². The molecular formula is C22H29NO4S. The highest BCUT2D eigenvalue weighted by Crippen LogP contribution is 2.19. The van der Waals surface area contributed by atoms with Crippen molar-refractivity contribution in [3.8, 4) is 5.75 Å². The molecule has 1 amide bonds. The first kappa shape index (κ1) is 22.0. The predicted octanol–water partition coefficient (Wildman–Crippen LogP) is 4.42. The van der Waals surface area contributed by atoms with Crippen molar-refractivity contribution in [2.75, 3.05) is 6.26 Å². The van der Waals surface area contributed by atoms with Crippen molar-refractivity contribution in [1.82, 2.24) is 4.90 Å². The number of hydrogen-bond acceptors (Lipinski definition) is 4. The van der Waals surface area contributed by atoms with E-state index in [0.717, 1.165) is 31.1 Å². The summed E-state index contributed by atoms with van der Waals surface area (Å²) in [6.45, 7) is 6.46. The second-order valence-electron chi connectivity index (χ2n) is 7.26. The van der Waals surface area contributed by atoms with E-state index in [0.29, 0.717) is 12.1 Å². The van der Waals surface area contributed by atoms with Crippen LogP contribution in [-0.4, -0.2) is 31.5 Å².